The third-order valence-corrected chi connectivity index (χ3v) is 6.10. The van der Waals surface area contributed by atoms with E-state index < -0.39 is 29.7 Å². The zero-order chi connectivity index (χ0) is 28.3. The number of carbonyl (C=O) groups is 3. The van der Waals surface area contributed by atoms with Crippen LogP contribution in [0.1, 0.15) is 64.1 Å². The van der Waals surface area contributed by atoms with Gasteiger partial charge in [-0.2, -0.15) is 12.6 Å². The van der Waals surface area contributed by atoms with Crippen LogP contribution in [0.4, 0.5) is 10.5 Å². The summed E-state index contributed by atoms with van der Waals surface area (Å²) in [6.07, 6.45) is 1.82. The summed E-state index contributed by atoms with van der Waals surface area (Å²) >= 11 is 4.34. The zero-order valence-corrected chi connectivity index (χ0v) is 24.1. The van der Waals surface area contributed by atoms with Gasteiger partial charge in [0.1, 0.15) is 23.4 Å². The number of nitrogens with one attached hydrogen (secondary N) is 2. The van der Waals surface area contributed by atoms with Crippen LogP contribution in [0.5, 0.6) is 5.75 Å². The second-order valence-electron chi connectivity index (χ2n) is 10.2. The first kappa shape index (κ1) is 31.0. The van der Waals surface area contributed by atoms with Crippen molar-refractivity contribution in [3.8, 4) is 5.75 Å². The van der Waals surface area contributed by atoms with Gasteiger partial charge in [-0.05, 0) is 63.9 Å². The van der Waals surface area contributed by atoms with Gasteiger partial charge in [-0.15, -0.1) is 0 Å². The number of anilines is 1. The van der Waals surface area contributed by atoms with Gasteiger partial charge in [0, 0.05) is 18.0 Å². The minimum atomic E-state index is -0.976. The fourth-order valence-electron chi connectivity index (χ4n) is 3.93. The molecule has 8 nitrogen and oxygen atoms in total. The molecule has 2 aromatic rings. The first-order chi connectivity index (χ1) is 18.0. The monoisotopic (exact) mass is 543 g/mol. The predicted molar refractivity (Wildman–Crippen MR) is 154 cm³/mol. The number of thiol groups is 1. The number of carbonyl (C=O) groups excluding carboxylic acids is 3. The van der Waals surface area contributed by atoms with Crippen molar-refractivity contribution in [2.24, 2.45) is 0 Å². The maximum Gasteiger partial charge on any atom is 0.408 e. The molecule has 208 valence electrons. The van der Waals surface area contributed by atoms with Gasteiger partial charge >= 0.3 is 6.09 Å². The highest BCUT2D eigenvalue weighted by Gasteiger charge is 2.35. The molecule has 0 aliphatic rings. The summed E-state index contributed by atoms with van der Waals surface area (Å²) in [5, 5.41) is 5.58. The van der Waals surface area contributed by atoms with Crippen molar-refractivity contribution in [1.29, 1.82) is 0 Å². The van der Waals surface area contributed by atoms with Gasteiger partial charge in [-0.1, -0.05) is 49.6 Å². The number of amides is 3. The third-order valence-electron chi connectivity index (χ3n) is 5.73. The van der Waals surface area contributed by atoms with Crippen LogP contribution in [-0.4, -0.2) is 53.9 Å². The molecule has 2 rings (SSSR count). The molecule has 2 atom stereocenters. The van der Waals surface area contributed by atoms with E-state index in [0.29, 0.717) is 30.0 Å². The highest BCUT2D eigenvalue weighted by molar-refractivity contribution is 7.80. The van der Waals surface area contributed by atoms with Gasteiger partial charge in [0.2, 0.25) is 5.91 Å². The molecule has 0 heterocycles. The van der Waals surface area contributed by atoms with Crippen molar-refractivity contribution in [3.05, 3.63) is 59.7 Å². The average Bonchev–Trinajstić information content (AvgIpc) is 2.85. The fraction of sp³-hybridized carbons (Fsp3) is 0.483. The fourth-order valence-corrected chi connectivity index (χ4v) is 4.18. The average molecular weight is 544 g/mol. The molecule has 38 heavy (non-hydrogen) atoms. The number of hydrogen-bond acceptors (Lipinski definition) is 6. The van der Waals surface area contributed by atoms with Crippen molar-refractivity contribution >= 4 is 36.2 Å². The van der Waals surface area contributed by atoms with Crippen molar-refractivity contribution in [1.82, 2.24) is 10.2 Å². The van der Waals surface area contributed by atoms with E-state index in [1.54, 1.807) is 57.0 Å². The summed E-state index contributed by atoms with van der Waals surface area (Å²) in [5.74, 6) is -0.0539. The Balaban J connectivity index is 2.45. The lowest BCUT2D eigenvalue weighted by Gasteiger charge is -2.34. The van der Waals surface area contributed by atoms with Crippen LogP contribution >= 0.6 is 12.6 Å². The smallest absolute Gasteiger partial charge is 0.408 e. The number of unbranched alkanes of at least 4 members (excludes halogenated alkanes) is 2. The molecule has 2 N–H and O–H groups in total. The predicted octanol–water partition coefficient (Wildman–Crippen LogP) is 5.53. The van der Waals surface area contributed by atoms with Crippen molar-refractivity contribution < 1.29 is 23.9 Å². The standard InChI is InChI=1S/C29H41N3O5S/c1-7-8-9-17-32(27(34)24(19-38)31-28(35)37-29(3,4)5)25(21-12-10-11-20(2)18-21)26(33)30-22-13-15-23(36-6)16-14-22/h10-16,18,24-25,38H,7-9,17,19H2,1-6H3,(H,30,33)(H,31,35). The topological polar surface area (TPSA) is 97.0 Å². The number of ether oxygens (including phenoxy) is 2. The Kier molecular flexibility index (Phi) is 12.0. The number of aryl methyl sites for hydroxylation is 1. The van der Waals surface area contributed by atoms with Crippen LogP contribution in [0.3, 0.4) is 0 Å². The van der Waals surface area contributed by atoms with Crippen LogP contribution in [0, 0.1) is 6.92 Å². The Morgan fingerprint density at radius 3 is 2.29 bits per heavy atom. The van der Waals surface area contributed by atoms with E-state index in [1.807, 2.05) is 31.2 Å². The lowest BCUT2D eigenvalue weighted by Crippen LogP contribution is -2.53. The quantitative estimate of drug-likeness (QED) is 0.242. The number of rotatable bonds is 12. The van der Waals surface area contributed by atoms with Crippen LogP contribution in [0.25, 0.3) is 0 Å². The lowest BCUT2D eigenvalue weighted by atomic mass is 10.00. The molecule has 0 aliphatic heterocycles. The molecule has 0 saturated carbocycles. The Hall–Kier alpha value is -3.20. The Morgan fingerprint density at radius 2 is 1.74 bits per heavy atom. The number of nitrogens with zero attached hydrogens (tertiary/aromatic N) is 1. The van der Waals surface area contributed by atoms with E-state index >= 15 is 0 Å². The summed E-state index contributed by atoms with van der Waals surface area (Å²) in [6, 6.07) is 12.6. The molecule has 2 unspecified atom stereocenters. The van der Waals surface area contributed by atoms with E-state index in [1.165, 1.54) is 0 Å². The summed E-state index contributed by atoms with van der Waals surface area (Å²) < 4.78 is 10.6. The summed E-state index contributed by atoms with van der Waals surface area (Å²) in [6.45, 7) is 9.59. The second-order valence-corrected chi connectivity index (χ2v) is 10.5. The van der Waals surface area contributed by atoms with Crippen molar-refractivity contribution in [2.75, 3.05) is 24.7 Å². The maximum absolute atomic E-state index is 13.9. The van der Waals surface area contributed by atoms with Crippen LogP contribution in [0.2, 0.25) is 0 Å². The molecule has 0 saturated heterocycles. The number of benzene rings is 2. The first-order valence-corrected chi connectivity index (χ1v) is 13.5. The molecule has 0 aliphatic carbocycles. The lowest BCUT2D eigenvalue weighted by molar-refractivity contribution is -0.140. The van der Waals surface area contributed by atoms with Gasteiger partial charge in [0.05, 0.1) is 7.11 Å². The van der Waals surface area contributed by atoms with Crippen molar-refractivity contribution in [2.45, 2.75) is 71.6 Å². The molecule has 9 heteroatoms. The highest BCUT2D eigenvalue weighted by atomic mass is 32.1. The van der Waals surface area contributed by atoms with Gasteiger partial charge in [0.15, 0.2) is 0 Å². The Labute approximate surface area is 231 Å². The second kappa shape index (κ2) is 14.7. The van der Waals surface area contributed by atoms with Gasteiger partial charge in [-0.25, -0.2) is 4.79 Å². The largest absolute Gasteiger partial charge is 0.497 e. The minimum absolute atomic E-state index is 0.0446. The van der Waals surface area contributed by atoms with E-state index in [4.69, 9.17) is 9.47 Å². The third kappa shape index (κ3) is 9.59. The van der Waals surface area contributed by atoms with E-state index in [0.717, 1.165) is 18.4 Å². The van der Waals surface area contributed by atoms with E-state index in [9.17, 15) is 14.4 Å². The van der Waals surface area contributed by atoms with Crippen LogP contribution in [-0.2, 0) is 14.3 Å². The molecule has 0 spiro atoms. The van der Waals surface area contributed by atoms with E-state index in [-0.39, 0.29) is 11.7 Å². The number of methoxy groups -OCH3 is 1. The summed E-state index contributed by atoms with van der Waals surface area (Å²) in [5.41, 5.74) is 1.49. The van der Waals surface area contributed by atoms with Crippen LogP contribution in [0.15, 0.2) is 48.5 Å². The number of hydrogen-bond donors (Lipinski definition) is 3. The highest BCUT2D eigenvalue weighted by Crippen LogP contribution is 2.26. The molecule has 0 bridgehead atoms. The molecular formula is C29H41N3O5S. The molecule has 0 radical (unpaired) electrons. The van der Waals surface area contributed by atoms with Gasteiger partial charge < -0.3 is 25.0 Å². The SMILES string of the molecule is CCCCCN(C(=O)C(CS)NC(=O)OC(C)(C)C)C(C(=O)Nc1ccc(OC)cc1)c1cccc(C)c1. The summed E-state index contributed by atoms with van der Waals surface area (Å²) in [4.78, 5) is 41.8. The molecule has 2 aromatic carbocycles. The molecule has 0 aromatic heterocycles. The number of alkyl carbamates (subject to hydrolysis) is 1. The molecular weight excluding hydrogens is 502 g/mol. The van der Waals surface area contributed by atoms with E-state index in [2.05, 4.69) is 30.2 Å². The van der Waals surface area contributed by atoms with Gasteiger partial charge in [-0.3, -0.25) is 9.59 Å². The van der Waals surface area contributed by atoms with Crippen LogP contribution < -0.4 is 15.4 Å². The zero-order valence-electron chi connectivity index (χ0n) is 23.2. The Bertz CT molecular complexity index is 1070. The minimum Gasteiger partial charge on any atom is -0.497 e. The van der Waals surface area contributed by atoms with Gasteiger partial charge in [0.25, 0.3) is 5.91 Å². The Morgan fingerprint density at radius 1 is 1.05 bits per heavy atom. The molecule has 3 amide bonds. The normalized spacial score (nSPS) is 12.7. The van der Waals surface area contributed by atoms with Crippen molar-refractivity contribution in [3.63, 3.8) is 0 Å². The maximum atomic E-state index is 13.9. The summed E-state index contributed by atoms with van der Waals surface area (Å²) in [7, 11) is 1.57. The molecule has 0 fully saturated rings. The first-order valence-electron chi connectivity index (χ1n) is 12.9.